The van der Waals surface area contributed by atoms with E-state index in [0.29, 0.717) is 6.61 Å². The SMILES string of the molecule is C#CCCCOc1cc(Br)ccc1C(C)NCC. The van der Waals surface area contributed by atoms with Crippen molar-refractivity contribution in [2.45, 2.75) is 32.7 Å². The minimum Gasteiger partial charge on any atom is -0.493 e. The standard InChI is InChI=1S/C15H20BrNO/c1-4-6-7-10-18-15-11-13(16)8-9-14(15)12(3)17-5-2/h1,8-9,11-12,17H,5-7,10H2,2-3H3. The van der Waals surface area contributed by atoms with Crippen LogP contribution in [0.25, 0.3) is 0 Å². The van der Waals surface area contributed by atoms with Gasteiger partial charge in [0.05, 0.1) is 6.61 Å². The number of benzene rings is 1. The minimum atomic E-state index is 0.283. The summed E-state index contributed by atoms with van der Waals surface area (Å²) in [7, 11) is 0. The third-order valence-electron chi connectivity index (χ3n) is 2.68. The highest BCUT2D eigenvalue weighted by atomic mass is 79.9. The molecule has 0 saturated heterocycles. The fraction of sp³-hybridized carbons (Fsp3) is 0.467. The van der Waals surface area contributed by atoms with Crippen molar-refractivity contribution >= 4 is 15.9 Å². The Bertz CT molecular complexity index is 411. The van der Waals surface area contributed by atoms with E-state index < -0.39 is 0 Å². The molecular weight excluding hydrogens is 290 g/mol. The number of unbranched alkanes of at least 4 members (excludes halogenated alkanes) is 1. The molecule has 0 saturated carbocycles. The first kappa shape index (κ1) is 15.1. The van der Waals surface area contributed by atoms with Crippen LogP contribution in [0, 0.1) is 12.3 Å². The smallest absolute Gasteiger partial charge is 0.125 e. The Balaban J connectivity index is 2.73. The van der Waals surface area contributed by atoms with Gasteiger partial charge in [-0.05, 0) is 32.0 Å². The normalized spacial score (nSPS) is 11.9. The maximum atomic E-state index is 5.82. The topological polar surface area (TPSA) is 21.3 Å². The van der Waals surface area contributed by atoms with Crippen molar-refractivity contribution in [2.75, 3.05) is 13.2 Å². The van der Waals surface area contributed by atoms with Crippen LogP contribution >= 0.6 is 15.9 Å². The van der Waals surface area contributed by atoms with Crippen LogP contribution in [0.4, 0.5) is 0 Å². The Hall–Kier alpha value is -0.980. The lowest BCUT2D eigenvalue weighted by Gasteiger charge is -2.18. The molecule has 1 N–H and O–H groups in total. The number of hydrogen-bond acceptors (Lipinski definition) is 2. The molecule has 0 fully saturated rings. The predicted molar refractivity (Wildman–Crippen MR) is 79.8 cm³/mol. The molecule has 1 atom stereocenters. The highest BCUT2D eigenvalue weighted by molar-refractivity contribution is 9.10. The molecular formula is C15H20BrNO. The van der Waals surface area contributed by atoms with E-state index in [0.717, 1.165) is 29.6 Å². The van der Waals surface area contributed by atoms with Crippen LogP contribution in [-0.4, -0.2) is 13.2 Å². The van der Waals surface area contributed by atoms with Crippen LogP contribution in [-0.2, 0) is 0 Å². The Labute approximate surface area is 118 Å². The third kappa shape index (κ3) is 4.72. The summed E-state index contributed by atoms with van der Waals surface area (Å²) >= 11 is 3.47. The second kappa shape index (κ2) is 8.18. The van der Waals surface area contributed by atoms with Crippen molar-refractivity contribution in [2.24, 2.45) is 0 Å². The molecule has 18 heavy (non-hydrogen) atoms. The lowest BCUT2D eigenvalue weighted by atomic mass is 10.1. The third-order valence-corrected chi connectivity index (χ3v) is 3.17. The van der Waals surface area contributed by atoms with Crippen molar-refractivity contribution in [3.63, 3.8) is 0 Å². The summed E-state index contributed by atoms with van der Waals surface area (Å²) in [4.78, 5) is 0. The number of terminal acetylenes is 1. The molecule has 0 amide bonds. The predicted octanol–water partition coefficient (Wildman–Crippen LogP) is 3.91. The second-order valence-electron chi connectivity index (χ2n) is 4.12. The van der Waals surface area contributed by atoms with Gasteiger partial charge in [0, 0.05) is 22.5 Å². The van der Waals surface area contributed by atoms with Gasteiger partial charge < -0.3 is 10.1 Å². The molecule has 1 unspecified atom stereocenters. The summed E-state index contributed by atoms with van der Waals surface area (Å²) in [5, 5.41) is 3.40. The zero-order chi connectivity index (χ0) is 13.4. The number of nitrogens with one attached hydrogen (secondary N) is 1. The van der Waals surface area contributed by atoms with E-state index in [4.69, 9.17) is 11.2 Å². The first-order valence-corrected chi connectivity index (χ1v) is 7.07. The molecule has 0 radical (unpaired) electrons. The molecule has 2 nitrogen and oxygen atoms in total. The molecule has 0 bridgehead atoms. The van der Waals surface area contributed by atoms with Gasteiger partial charge in [-0.25, -0.2) is 0 Å². The molecule has 0 aliphatic carbocycles. The second-order valence-corrected chi connectivity index (χ2v) is 5.03. The zero-order valence-electron chi connectivity index (χ0n) is 11.0. The fourth-order valence-corrected chi connectivity index (χ4v) is 2.10. The summed E-state index contributed by atoms with van der Waals surface area (Å²) in [5.74, 6) is 3.55. The number of hydrogen-bond donors (Lipinski definition) is 1. The van der Waals surface area contributed by atoms with E-state index in [1.54, 1.807) is 0 Å². The van der Waals surface area contributed by atoms with E-state index in [9.17, 15) is 0 Å². The molecule has 0 aromatic heterocycles. The van der Waals surface area contributed by atoms with Crippen LogP contribution in [0.15, 0.2) is 22.7 Å². The summed E-state index contributed by atoms with van der Waals surface area (Å²) in [6.07, 6.45) is 6.87. The highest BCUT2D eigenvalue weighted by Crippen LogP contribution is 2.28. The lowest BCUT2D eigenvalue weighted by Crippen LogP contribution is -2.18. The molecule has 0 spiro atoms. The quantitative estimate of drug-likeness (QED) is 0.609. The van der Waals surface area contributed by atoms with Gasteiger partial charge in [-0.15, -0.1) is 12.3 Å². The maximum absolute atomic E-state index is 5.82. The first-order chi connectivity index (χ1) is 8.69. The molecule has 0 aliphatic heterocycles. The van der Waals surface area contributed by atoms with Crippen LogP contribution in [0.5, 0.6) is 5.75 Å². The van der Waals surface area contributed by atoms with Gasteiger partial charge in [-0.1, -0.05) is 28.9 Å². The van der Waals surface area contributed by atoms with Crippen LogP contribution in [0.3, 0.4) is 0 Å². The summed E-state index contributed by atoms with van der Waals surface area (Å²) < 4.78 is 6.85. The Kier molecular flexibility index (Phi) is 6.85. The van der Waals surface area contributed by atoms with Crippen molar-refractivity contribution < 1.29 is 4.74 Å². The molecule has 3 heteroatoms. The van der Waals surface area contributed by atoms with Gasteiger partial charge in [0.15, 0.2) is 0 Å². The number of halogens is 1. The van der Waals surface area contributed by atoms with Crippen LogP contribution in [0.1, 0.15) is 38.3 Å². The van der Waals surface area contributed by atoms with E-state index in [-0.39, 0.29) is 6.04 Å². The average Bonchev–Trinajstić information content (AvgIpc) is 2.35. The number of ether oxygens (including phenoxy) is 1. The minimum absolute atomic E-state index is 0.283. The van der Waals surface area contributed by atoms with E-state index in [2.05, 4.69) is 47.1 Å². The van der Waals surface area contributed by atoms with Crippen molar-refractivity contribution in [1.82, 2.24) is 5.32 Å². The van der Waals surface area contributed by atoms with Gasteiger partial charge in [-0.2, -0.15) is 0 Å². The molecule has 0 aliphatic rings. The number of rotatable bonds is 7. The molecule has 0 heterocycles. The van der Waals surface area contributed by atoms with E-state index in [1.807, 2.05) is 12.1 Å². The Morgan fingerprint density at radius 1 is 1.50 bits per heavy atom. The molecule has 98 valence electrons. The Morgan fingerprint density at radius 3 is 2.94 bits per heavy atom. The molecule has 1 aromatic carbocycles. The first-order valence-electron chi connectivity index (χ1n) is 6.28. The highest BCUT2D eigenvalue weighted by Gasteiger charge is 2.11. The largest absolute Gasteiger partial charge is 0.493 e. The van der Waals surface area contributed by atoms with Crippen molar-refractivity contribution in [3.8, 4) is 18.1 Å². The monoisotopic (exact) mass is 309 g/mol. The lowest BCUT2D eigenvalue weighted by molar-refractivity contribution is 0.306. The summed E-state index contributed by atoms with van der Waals surface area (Å²) in [6, 6.07) is 6.43. The van der Waals surface area contributed by atoms with Crippen LogP contribution in [0.2, 0.25) is 0 Å². The van der Waals surface area contributed by atoms with Gasteiger partial charge >= 0.3 is 0 Å². The molecule has 1 aromatic rings. The van der Waals surface area contributed by atoms with E-state index >= 15 is 0 Å². The van der Waals surface area contributed by atoms with Crippen molar-refractivity contribution in [1.29, 1.82) is 0 Å². The average molecular weight is 310 g/mol. The fourth-order valence-electron chi connectivity index (χ4n) is 1.76. The van der Waals surface area contributed by atoms with Crippen molar-refractivity contribution in [3.05, 3.63) is 28.2 Å². The zero-order valence-corrected chi connectivity index (χ0v) is 12.6. The van der Waals surface area contributed by atoms with Gasteiger partial charge in [-0.3, -0.25) is 0 Å². The van der Waals surface area contributed by atoms with E-state index in [1.165, 1.54) is 5.56 Å². The summed E-state index contributed by atoms with van der Waals surface area (Å²) in [6.45, 7) is 5.84. The molecule has 1 rings (SSSR count). The van der Waals surface area contributed by atoms with Gasteiger partial charge in [0.1, 0.15) is 5.75 Å². The maximum Gasteiger partial charge on any atom is 0.125 e. The Morgan fingerprint density at radius 2 is 2.28 bits per heavy atom. The van der Waals surface area contributed by atoms with Gasteiger partial charge in [0.2, 0.25) is 0 Å². The van der Waals surface area contributed by atoms with Gasteiger partial charge in [0.25, 0.3) is 0 Å². The summed E-state index contributed by atoms with van der Waals surface area (Å²) in [5.41, 5.74) is 1.18. The van der Waals surface area contributed by atoms with Crippen LogP contribution < -0.4 is 10.1 Å².